The summed E-state index contributed by atoms with van der Waals surface area (Å²) < 4.78 is 107. The Morgan fingerprint density at radius 1 is 0.923 bits per heavy atom. The molecule has 0 amide bonds. The van der Waals surface area contributed by atoms with Gasteiger partial charge in [0.1, 0.15) is 0 Å². The van der Waals surface area contributed by atoms with E-state index in [1.54, 1.807) is 0 Å². The SMILES string of the molecule is C=CC1=C(Sc2c(F)c(F)c(F)c(F)c2F)/C(=C/C)CC(C(F)(F)F)C1. The van der Waals surface area contributed by atoms with Crippen LogP contribution in [0, 0.1) is 35.0 Å². The van der Waals surface area contributed by atoms with E-state index in [2.05, 4.69) is 6.58 Å². The molecule has 0 aliphatic heterocycles. The molecule has 0 radical (unpaired) electrons. The van der Waals surface area contributed by atoms with Gasteiger partial charge in [0, 0.05) is 4.91 Å². The molecule has 0 aromatic heterocycles. The van der Waals surface area contributed by atoms with E-state index in [4.69, 9.17) is 0 Å². The molecular formula is C17H12F8S. The van der Waals surface area contributed by atoms with Gasteiger partial charge in [0.15, 0.2) is 23.3 Å². The second-order valence-electron chi connectivity index (χ2n) is 5.52. The van der Waals surface area contributed by atoms with Gasteiger partial charge in [0.25, 0.3) is 0 Å². The van der Waals surface area contributed by atoms with Gasteiger partial charge < -0.3 is 0 Å². The molecule has 1 aromatic rings. The van der Waals surface area contributed by atoms with Crippen LogP contribution >= 0.6 is 11.8 Å². The molecule has 1 aliphatic carbocycles. The van der Waals surface area contributed by atoms with Gasteiger partial charge in [0.2, 0.25) is 5.82 Å². The molecule has 0 N–H and O–H groups in total. The maximum atomic E-state index is 13.9. The summed E-state index contributed by atoms with van der Waals surface area (Å²) >= 11 is 0.209. The number of rotatable bonds is 3. The van der Waals surface area contributed by atoms with Gasteiger partial charge in [-0.05, 0) is 30.9 Å². The first kappa shape index (κ1) is 20.5. The average Bonchev–Trinajstić information content (AvgIpc) is 2.60. The molecule has 1 atom stereocenters. The summed E-state index contributed by atoms with van der Waals surface area (Å²) in [6, 6.07) is 0. The number of alkyl halides is 3. The standard InChI is InChI=1S/C17H12F8S/c1-3-7-5-9(17(23,24)25)6-8(4-2)15(7)26-16-13(21)11(19)10(18)12(20)14(16)22/h3-4,9H,1,5-6H2,2H3/b8-4+. The number of thioether (sulfide) groups is 1. The fourth-order valence-corrected chi connectivity index (χ4v) is 3.75. The fraction of sp³-hybridized carbons (Fsp3) is 0.294. The van der Waals surface area contributed by atoms with Crippen molar-refractivity contribution in [3.05, 3.63) is 63.9 Å². The first-order valence-corrected chi connectivity index (χ1v) is 8.11. The third kappa shape index (κ3) is 3.67. The van der Waals surface area contributed by atoms with Crippen molar-refractivity contribution in [1.82, 2.24) is 0 Å². The van der Waals surface area contributed by atoms with Crippen molar-refractivity contribution in [3.63, 3.8) is 0 Å². The Morgan fingerprint density at radius 3 is 1.85 bits per heavy atom. The number of halogens is 8. The van der Waals surface area contributed by atoms with Gasteiger partial charge in [-0.1, -0.05) is 30.5 Å². The van der Waals surface area contributed by atoms with Crippen LogP contribution in [0.5, 0.6) is 0 Å². The van der Waals surface area contributed by atoms with E-state index in [1.807, 2.05) is 0 Å². The van der Waals surface area contributed by atoms with Crippen LogP contribution in [0.1, 0.15) is 19.8 Å². The number of benzene rings is 1. The molecule has 0 saturated carbocycles. The van der Waals surface area contributed by atoms with E-state index in [9.17, 15) is 35.1 Å². The van der Waals surface area contributed by atoms with Crippen LogP contribution in [0.4, 0.5) is 35.1 Å². The first-order chi connectivity index (χ1) is 12.0. The Hall–Kier alpha value is -1.77. The summed E-state index contributed by atoms with van der Waals surface area (Å²) in [5.74, 6) is -12.3. The molecule has 0 fully saturated rings. The van der Waals surface area contributed by atoms with Crippen molar-refractivity contribution >= 4 is 11.8 Å². The molecule has 0 bridgehead atoms. The summed E-state index contributed by atoms with van der Waals surface area (Å²) in [7, 11) is 0. The van der Waals surface area contributed by atoms with E-state index in [0.717, 1.165) is 6.08 Å². The van der Waals surface area contributed by atoms with Crippen molar-refractivity contribution in [2.24, 2.45) is 5.92 Å². The molecule has 1 aliphatic rings. The second kappa shape index (κ2) is 7.46. The molecule has 0 saturated heterocycles. The summed E-state index contributed by atoms with van der Waals surface area (Å²) in [5.41, 5.74) is 0.128. The van der Waals surface area contributed by atoms with Gasteiger partial charge in [-0.2, -0.15) is 13.2 Å². The quantitative estimate of drug-likeness (QED) is 0.304. The van der Waals surface area contributed by atoms with Gasteiger partial charge in [-0.15, -0.1) is 0 Å². The van der Waals surface area contributed by atoms with Gasteiger partial charge in [-0.25, -0.2) is 22.0 Å². The molecule has 142 valence electrons. The maximum Gasteiger partial charge on any atom is 0.392 e. The lowest BCUT2D eigenvalue weighted by Crippen LogP contribution is -2.26. The molecule has 0 nitrogen and oxygen atoms in total. The maximum absolute atomic E-state index is 13.9. The third-order valence-electron chi connectivity index (χ3n) is 3.95. The van der Waals surface area contributed by atoms with Gasteiger partial charge in [0.05, 0.1) is 10.8 Å². The molecule has 26 heavy (non-hydrogen) atoms. The highest BCUT2D eigenvalue weighted by molar-refractivity contribution is 8.03. The molecule has 0 spiro atoms. The van der Waals surface area contributed by atoms with Crippen LogP contribution in [-0.2, 0) is 0 Å². The van der Waals surface area contributed by atoms with Crippen molar-refractivity contribution in [3.8, 4) is 0 Å². The predicted octanol–water partition coefficient (Wildman–Crippen LogP) is 6.83. The van der Waals surface area contributed by atoms with Crippen LogP contribution in [0.15, 0.2) is 39.7 Å². The number of hydrogen-bond acceptors (Lipinski definition) is 1. The average molecular weight is 400 g/mol. The van der Waals surface area contributed by atoms with E-state index in [1.165, 1.54) is 13.0 Å². The Morgan fingerprint density at radius 2 is 1.42 bits per heavy atom. The Kier molecular flexibility index (Phi) is 5.89. The van der Waals surface area contributed by atoms with E-state index >= 15 is 0 Å². The second-order valence-corrected chi connectivity index (χ2v) is 6.54. The molecule has 0 heterocycles. The van der Waals surface area contributed by atoms with E-state index in [0.29, 0.717) is 0 Å². The van der Waals surface area contributed by atoms with E-state index in [-0.39, 0.29) is 27.8 Å². The third-order valence-corrected chi connectivity index (χ3v) is 5.24. The van der Waals surface area contributed by atoms with Gasteiger partial charge in [-0.3, -0.25) is 0 Å². The zero-order valence-electron chi connectivity index (χ0n) is 13.3. The highest BCUT2D eigenvalue weighted by Crippen LogP contribution is 2.48. The molecular weight excluding hydrogens is 388 g/mol. The van der Waals surface area contributed by atoms with Crippen molar-refractivity contribution in [2.45, 2.75) is 30.8 Å². The molecule has 9 heteroatoms. The predicted molar refractivity (Wildman–Crippen MR) is 81.8 cm³/mol. The minimum atomic E-state index is -4.50. The normalized spacial score (nSPS) is 20.0. The van der Waals surface area contributed by atoms with Crippen LogP contribution in [0.2, 0.25) is 0 Å². The highest BCUT2D eigenvalue weighted by atomic mass is 32.2. The molecule has 1 aromatic carbocycles. The summed E-state index contributed by atoms with van der Waals surface area (Å²) in [4.78, 5) is -1.16. The smallest absolute Gasteiger partial charge is 0.202 e. The van der Waals surface area contributed by atoms with Gasteiger partial charge >= 0.3 is 6.18 Å². The topological polar surface area (TPSA) is 0 Å². The lowest BCUT2D eigenvalue weighted by molar-refractivity contribution is -0.174. The van der Waals surface area contributed by atoms with Crippen molar-refractivity contribution in [2.75, 3.05) is 0 Å². The minimum Gasteiger partial charge on any atom is -0.202 e. The van der Waals surface area contributed by atoms with Crippen molar-refractivity contribution in [1.29, 1.82) is 0 Å². The lowest BCUT2D eigenvalue weighted by atomic mass is 9.85. The van der Waals surface area contributed by atoms with Crippen LogP contribution < -0.4 is 0 Å². The first-order valence-electron chi connectivity index (χ1n) is 7.30. The Bertz CT molecular complexity index is 775. The molecule has 1 unspecified atom stereocenters. The number of allylic oxidation sites excluding steroid dienone is 4. The van der Waals surface area contributed by atoms with E-state index < -0.39 is 58.9 Å². The highest BCUT2D eigenvalue weighted by Gasteiger charge is 2.43. The lowest BCUT2D eigenvalue weighted by Gasteiger charge is -2.29. The Labute approximate surface area is 148 Å². The zero-order chi connectivity index (χ0) is 19.8. The molecule has 2 rings (SSSR count). The monoisotopic (exact) mass is 400 g/mol. The minimum absolute atomic E-state index is 0.00575. The summed E-state index contributed by atoms with van der Waals surface area (Å²) in [6.07, 6.45) is -3.05. The summed E-state index contributed by atoms with van der Waals surface area (Å²) in [5, 5.41) is 0. The number of hydrogen-bond donors (Lipinski definition) is 0. The largest absolute Gasteiger partial charge is 0.392 e. The van der Waals surface area contributed by atoms with Crippen molar-refractivity contribution < 1.29 is 35.1 Å². The van der Waals surface area contributed by atoms with Crippen LogP contribution in [0.3, 0.4) is 0 Å². The van der Waals surface area contributed by atoms with Crippen LogP contribution in [0.25, 0.3) is 0 Å². The summed E-state index contributed by atoms with van der Waals surface area (Å²) in [6.45, 7) is 4.82. The fourth-order valence-electron chi connectivity index (χ4n) is 2.56. The zero-order valence-corrected chi connectivity index (χ0v) is 14.1. The Balaban J connectivity index is 2.57. The van der Waals surface area contributed by atoms with Crippen LogP contribution in [-0.4, -0.2) is 6.18 Å².